The molecule has 0 N–H and O–H groups in total. The van der Waals surface area contributed by atoms with E-state index < -0.39 is 0 Å². The molecule has 90 valence electrons. The summed E-state index contributed by atoms with van der Waals surface area (Å²) in [5, 5.41) is 0. The van der Waals surface area contributed by atoms with Gasteiger partial charge in [-0.2, -0.15) is 0 Å². The van der Waals surface area contributed by atoms with E-state index in [1.165, 1.54) is 12.7 Å². The summed E-state index contributed by atoms with van der Waals surface area (Å²) in [4.78, 5) is 18.5. The molecule has 0 aliphatic carbocycles. The smallest absolute Gasteiger partial charge is 0.115 e. The Morgan fingerprint density at radius 3 is 0.833 bits per heavy atom. The maximum absolute atomic E-state index is 3.78. The maximum atomic E-state index is 3.78. The van der Waals surface area contributed by atoms with Crippen LogP contribution in [0, 0.1) is 0 Å². The second kappa shape index (κ2) is 10.8. The van der Waals surface area contributed by atoms with Crippen LogP contribution in [0.4, 0.5) is 0 Å². The topological polar surface area (TPSA) is 64.5 Å². The standard InChI is InChI=1S/C5H5N.2C4H4N2/c1-2-4-6-5-3-1;2*1-2-5-4-6-3-1/h1-5H;2*1-4H. The zero-order valence-electron chi connectivity index (χ0n) is 9.74. The normalized spacial score (nSPS) is 8.00. The van der Waals surface area contributed by atoms with E-state index in [2.05, 4.69) is 24.9 Å². The SMILES string of the molecule is c1ccncc1.c1cncnc1.c1cncnc1. The molecule has 0 saturated carbocycles. The lowest BCUT2D eigenvalue weighted by molar-refractivity contribution is 1.17. The van der Waals surface area contributed by atoms with Crippen molar-refractivity contribution in [3.8, 4) is 0 Å². The maximum Gasteiger partial charge on any atom is 0.115 e. The molecule has 0 aromatic carbocycles. The average molecular weight is 239 g/mol. The van der Waals surface area contributed by atoms with Crippen LogP contribution >= 0.6 is 0 Å². The van der Waals surface area contributed by atoms with Crippen molar-refractivity contribution >= 4 is 0 Å². The molecule has 0 unspecified atom stereocenters. The molecule has 3 aromatic heterocycles. The number of aromatic nitrogens is 5. The number of nitrogens with zero attached hydrogens (tertiary/aromatic N) is 5. The molecule has 0 bridgehead atoms. The first-order valence-electron chi connectivity index (χ1n) is 5.25. The molecule has 0 saturated heterocycles. The van der Waals surface area contributed by atoms with Crippen LogP contribution in [0.1, 0.15) is 0 Å². The summed E-state index contributed by atoms with van der Waals surface area (Å²) < 4.78 is 0. The Morgan fingerprint density at radius 2 is 0.722 bits per heavy atom. The fraction of sp³-hybridized carbons (Fsp3) is 0. The highest BCUT2D eigenvalue weighted by Gasteiger charge is 1.60. The van der Waals surface area contributed by atoms with E-state index in [1.54, 1.807) is 49.3 Å². The molecule has 18 heavy (non-hydrogen) atoms. The van der Waals surface area contributed by atoms with Crippen molar-refractivity contribution in [1.82, 2.24) is 24.9 Å². The van der Waals surface area contributed by atoms with E-state index in [-0.39, 0.29) is 0 Å². The molecule has 0 radical (unpaired) electrons. The minimum atomic E-state index is 1.50. The van der Waals surface area contributed by atoms with Gasteiger partial charge in [-0.3, -0.25) is 4.98 Å². The van der Waals surface area contributed by atoms with Crippen molar-refractivity contribution in [2.45, 2.75) is 0 Å². The molecule has 3 rings (SSSR count). The number of rotatable bonds is 0. The molecule has 0 spiro atoms. The average Bonchev–Trinajstić information content (AvgIpc) is 2.54. The Morgan fingerprint density at radius 1 is 0.333 bits per heavy atom. The first kappa shape index (κ1) is 13.4. The molecule has 0 amide bonds. The lowest BCUT2D eigenvalue weighted by Crippen LogP contribution is -1.66. The monoisotopic (exact) mass is 239 g/mol. The molecule has 0 fully saturated rings. The number of pyridine rings is 1. The van der Waals surface area contributed by atoms with Crippen LogP contribution in [0.5, 0.6) is 0 Å². The van der Waals surface area contributed by atoms with Crippen LogP contribution in [0.3, 0.4) is 0 Å². The molecule has 5 heteroatoms. The summed E-state index contributed by atoms with van der Waals surface area (Å²) in [6.45, 7) is 0. The molecule has 3 heterocycles. The zero-order valence-corrected chi connectivity index (χ0v) is 9.74. The van der Waals surface area contributed by atoms with Gasteiger partial charge < -0.3 is 0 Å². The van der Waals surface area contributed by atoms with Gasteiger partial charge in [0.1, 0.15) is 12.7 Å². The first-order valence-corrected chi connectivity index (χ1v) is 5.25. The lowest BCUT2D eigenvalue weighted by Gasteiger charge is -1.70. The first-order chi connectivity index (χ1) is 9.00. The lowest BCUT2D eigenvalue weighted by atomic mass is 10.5. The van der Waals surface area contributed by atoms with Gasteiger partial charge in [-0.05, 0) is 24.3 Å². The summed E-state index contributed by atoms with van der Waals surface area (Å²) in [5.41, 5.74) is 0. The summed E-state index contributed by atoms with van der Waals surface area (Å²) in [6.07, 6.45) is 13.2. The quantitative estimate of drug-likeness (QED) is 0.600. The predicted octanol–water partition coefficient (Wildman–Crippen LogP) is 2.03. The molecule has 5 nitrogen and oxygen atoms in total. The highest BCUT2D eigenvalue weighted by molar-refractivity contribution is 4.88. The Balaban J connectivity index is 0.000000135. The van der Waals surface area contributed by atoms with Gasteiger partial charge in [0, 0.05) is 37.2 Å². The third kappa shape index (κ3) is 8.60. The van der Waals surface area contributed by atoms with E-state index in [4.69, 9.17) is 0 Å². The predicted molar refractivity (Wildman–Crippen MR) is 68.3 cm³/mol. The second-order valence-electron chi connectivity index (χ2n) is 2.83. The van der Waals surface area contributed by atoms with E-state index in [1.807, 2.05) is 18.2 Å². The van der Waals surface area contributed by atoms with Crippen LogP contribution < -0.4 is 0 Å². The van der Waals surface area contributed by atoms with Crippen LogP contribution in [0.15, 0.2) is 80.2 Å². The van der Waals surface area contributed by atoms with Gasteiger partial charge in [-0.25, -0.2) is 19.9 Å². The van der Waals surface area contributed by atoms with Crippen molar-refractivity contribution in [3.05, 3.63) is 80.2 Å². The van der Waals surface area contributed by atoms with Crippen molar-refractivity contribution in [1.29, 1.82) is 0 Å². The van der Waals surface area contributed by atoms with Crippen molar-refractivity contribution in [2.24, 2.45) is 0 Å². The number of hydrogen-bond donors (Lipinski definition) is 0. The largest absolute Gasteiger partial charge is 0.265 e. The molecule has 3 aromatic rings. The van der Waals surface area contributed by atoms with Gasteiger partial charge in [-0.15, -0.1) is 0 Å². The zero-order chi connectivity index (χ0) is 12.7. The van der Waals surface area contributed by atoms with Gasteiger partial charge in [0.15, 0.2) is 0 Å². The van der Waals surface area contributed by atoms with E-state index in [0.717, 1.165) is 0 Å². The Bertz CT molecular complexity index is 306. The van der Waals surface area contributed by atoms with E-state index >= 15 is 0 Å². The van der Waals surface area contributed by atoms with Gasteiger partial charge in [0.05, 0.1) is 0 Å². The molecule has 0 aliphatic heterocycles. The molecular formula is C13H13N5. The van der Waals surface area contributed by atoms with Crippen molar-refractivity contribution in [3.63, 3.8) is 0 Å². The Labute approximate surface area is 106 Å². The summed E-state index contributed by atoms with van der Waals surface area (Å²) in [7, 11) is 0. The Hall–Kier alpha value is -2.69. The highest BCUT2D eigenvalue weighted by Crippen LogP contribution is 1.73. The third-order valence-electron chi connectivity index (χ3n) is 1.52. The van der Waals surface area contributed by atoms with Crippen LogP contribution in [0.2, 0.25) is 0 Å². The minimum Gasteiger partial charge on any atom is -0.265 e. The fourth-order valence-electron chi connectivity index (χ4n) is 0.819. The minimum absolute atomic E-state index is 1.50. The second-order valence-corrected chi connectivity index (χ2v) is 2.83. The van der Waals surface area contributed by atoms with Gasteiger partial charge >= 0.3 is 0 Å². The molecule has 0 aliphatic rings. The summed E-state index contributed by atoms with van der Waals surface area (Å²) in [6, 6.07) is 9.27. The van der Waals surface area contributed by atoms with Crippen molar-refractivity contribution in [2.75, 3.05) is 0 Å². The molecular weight excluding hydrogens is 226 g/mol. The van der Waals surface area contributed by atoms with Crippen LogP contribution in [0.25, 0.3) is 0 Å². The number of hydrogen-bond acceptors (Lipinski definition) is 5. The van der Waals surface area contributed by atoms with Crippen molar-refractivity contribution < 1.29 is 0 Å². The van der Waals surface area contributed by atoms with Gasteiger partial charge in [-0.1, -0.05) is 6.07 Å². The van der Waals surface area contributed by atoms with Gasteiger partial charge in [0.25, 0.3) is 0 Å². The van der Waals surface area contributed by atoms with E-state index in [0.29, 0.717) is 0 Å². The van der Waals surface area contributed by atoms with E-state index in [9.17, 15) is 0 Å². The van der Waals surface area contributed by atoms with Crippen LogP contribution in [-0.4, -0.2) is 24.9 Å². The highest BCUT2D eigenvalue weighted by atomic mass is 14.8. The van der Waals surface area contributed by atoms with Crippen LogP contribution in [-0.2, 0) is 0 Å². The van der Waals surface area contributed by atoms with Gasteiger partial charge in [0.2, 0.25) is 0 Å². The molecule has 0 atom stereocenters. The summed E-state index contributed by atoms with van der Waals surface area (Å²) in [5.74, 6) is 0. The third-order valence-corrected chi connectivity index (χ3v) is 1.52. The summed E-state index contributed by atoms with van der Waals surface area (Å²) >= 11 is 0. The Kier molecular flexibility index (Phi) is 8.04. The fourth-order valence-corrected chi connectivity index (χ4v) is 0.819.